The van der Waals surface area contributed by atoms with Crippen molar-refractivity contribution in [1.82, 2.24) is 5.32 Å². The molecule has 0 aromatic heterocycles. The number of ether oxygens (including phenoxy) is 10. The van der Waals surface area contributed by atoms with E-state index in [0.29, 0.717) is 4.90 Å². The van der Waals surface area contributed by atoms with Gasteiger partial charge in [0.25, 0.3) is 5.79 Å². The topological polar surface area (TPSA) is 278 Å². The standard InChI is InChI=1S/C38H49NO20S/c1-17-10-12-26(13-11-17)60-36-35(56-25(9)47)34(32(55-24(8)46)29(57-36)16-51-20(4)42)59-38(37(48)49)14-27(52-21(5)43)30(39-18(2)40)33(58-38)31(54-23(7)45)28(53-22(6)44)15-50-19(3)41/h10-13,27-36H,14-16H2,1-9H3,(H,39,40)(H,48,49)/t27-,28+,29+,30+,31+,32-,33+,34-,35+,36-,38-/m0/s1. The highest BCUT2D eigenvalue weighted by Crippen LogP contribution is 2.43. The highest BCUT2D eigenvalue weighted by atomic mass is 32.2. The molecule has 2 N–H and O–H groups in total. The van der Waals surface area contributed by atoms with E-state index >= 15 is 0 Å². The minimum atomic E-state index is -3.09. The van der Waals surface area contributed by atoms with E-state index in [1.165, 1.54) is 0 Å². The van der Waals surface area contributed by atoms with Gasteiger partial charge in [-0.05, 0) is 19.1 Å². The van der Waals surface area contributed by atoms with Crippen molar-refractivity contribution in [2.75, 3.05) is 13.2 Å². The molecule has 11 atom stereocenters. The zero-order valence-electron chi connectivity index (χ0n) is 34.3. The van der Waals surface area contributed by atoms with Gasteiger partial charge in [-0.1, -0.05) is 29.5 Å². The summed E-state index contributed by atoms with van der Waals surface area (Å²) in [7, 11) is 0. The van der Waals surface area contributed by atoms with Crippen molar-refractivity contribution in [1.29, 1.82) is 0 Å². The molecule has 0 aliphatic carbocycles. The average molecular weight is 872 g/mol. The molecule has 2 aliphatic heterocycles. The summed E-state index contributed by atoms with van der Waals surface area (Å²) in [5.74, 6) is -12.4. The van der Waals surface area contributed by atoms with E-state index in [4.69, 9.17) is 47.4 Å². The molecule has 2 saturated heterocycles. The fraction of sp³-hybridized carbons (Fsp3) is 0.605. The van der Waals surface area contributed by atoms with Crippen LogP contribution < -0.4 is 5.32 Å². The highest BCUT2D eigenvalue weighted by molar-refractivity contribution is 7.99. The Morgan fingerprint density at radius 3 is 1.82 bits per heavy atom. The lowest BCUT2D eigenvalue weighted by Gasteiger charge is -2.51. The number of carbonyl (C=O) groups is 9. The van der Waals surface area contributed by atoms with E-state index in [-0.39, 0.29) is 0 Å². The van der Waals surface area contributed by atoms with Gasteiger partial charge in [-0.25, -0.2) is 4.79 Å². The van der Waals surface area contributed by atoms with Crippen molar-refractivity contribution in [3.05, 3.63) is 29.8 Å². The monoisotopic (exact) mass is 871 g/mol. The second-order valence-electron chi connectivity index (χ2n) is 13.8. The van der Waals surface area contributed by atoms with Gasteiger partial charge in [0.2, 0.25) is 5.91 Å². The highest BCUT2D eigenvalue weighted by Gasteiger charge is 2.63. The van der Waals surface area contributed by atoms with Crippen molar-refractivity contribution >= 4 is 65.4 Å². The van der Waals surface area contributed by atoms with Crippen LogP contribution in [0.4, 0.5) is 0 Å². The number of nitrogens with one attached hydrogen (secondary N) is 1. The maximum absolute atomic E-state index is 13.8. The molecule has 60 heavy (non-hydrogen) atoms. The van der Waals surface area contributed by atoms with Crippen molar-refractivity contribution in [2.24, 2.45) is 0 Å². The van der Waals surface area contributed by atoms with Gasteiger partial charge in [-0.2, -0.15) is 0 Å². The van der Waals surface area contributed by atoms with Crippen LogP contribution in [0.2, 0.25) is 0 Å². The summed E-state index contributed by atoms with van der Waals surface area (Å²) in [5, 5.41) is 13.6. The number of carbonyl (C=O) groups excluding carboxylic acids is 8. The molecule has 0 saturated carbocycles. The first-order chi connectivity index (χ1) is 28.0. The van der Waals surface area contributed by atoms with Crippen molar-refractivity contribution in [3.63, 3.8) is 0 Å². The minimum Gasteiger partial charge on any atom is -0.477 e. The van der Waals surface area contributed by atoms with Crippen LogP contribution in [0.15, 0.2) is 29.2 Å². The number of rotatable bonds is 17. The number of carboxylic acid groups (broad SMARTS) is 1. The van der Waals surface area contributed by atoms with E-state index in [2.05, 4.69) is 5.32 Å². The van der Waals surface area contributed by atoms with Crippen LogP contribution in [0.25, 0.3) is 0 Å². The molecule has 3 rings (SSSR count). The summed E-state index contributed by atoms with van der Waals surface area (Å²) in [4.78, 5) is 114. The number of carboxylic acids is 1. The smallest absolute Gasteiger partial charge is 0.364 e. The van der Waals surface area contributed by atoms with E-state index in [9.17, 15) is 48.3 Å². The number of aliphatic carboxylic acids is 1. The molecule has 1 aromatic carbocycles. The van der Waals surface area contributed by atoms with Gasteiger partial charge in [-0.15, -0.1) is 0 Å². The summed E-state index contributed by atoms with van der Waals surface area (Å²) in [5.41, 5.74) is -0.408. The lowest BCUT2D eigenvalue weighted by Crippen LogP contribution is -2.71. The SMILES string of the molecule is CC(=O)N[C@H]1[C@H]([C@H](OC(C)=O)[C@@H](COC(C)=O)OC(C)=O)O[C@@](O[C@H]2[C@@H](OC(C)=O)[C@@H](COC(C)=O)O[C@@H](Sc3ccc(C)cc3)[C@@H]2OC(C)=O)(C(=O)O)C[C@@H]1OC(C)=O. The zero-order chi connectivity index (χ0) is 45.1. The quantitative estimate of drug-likeness (QED) is 0.163. The summed E-state index contributed by atoms with van der Waals surface area (Å²) in [6, 6.07) is 5.38. The van der Waals surface area contributed by atoms with Crippen LogP contribution in [-0.4, -0.2) is 138 Å². The Morgan fingerprint density at radius 2 is 1.32 bits per heavy atom. The second kappa shape index (κ2) is 21.8. The number of hydrogen-bond acceptors (Lipinski definition) is 20. The first-order valence-corrected chi connectivity index (χ1v) is 19.3. The fourth-order valence-corrected chi connectivity index (χ4v) is 7.54. The average Bonchev–Trinajstić information content (AvgIpc) is 3.11. The third-order valence-electron chi connectivity index (χ3n) is 8.57. The van der Waals surface area contributed by atoms with Crippen LogP contribution in [-0.2, 0) is 90.5 Å². The third-order valence-corrected chi connectivity index (χ3v) is 9.73. The van der Waals surface area contributed by atoms with E-state index < -0.39 is 139 Å². The second-order valence-corrected chi connectivity index (χ2v) is 14.9. The Morgan fingerprint density at radius 1 is 0.750 bits per heavy atom. The van der Waals surface area contributed by atoms with Gasteiger partial charge in [0.15, 0.2) is 24.4 Å². The molecular weight excluding hydrogens is 822 g/mol. The van der Waals surface area contributed by atoms with Crippen molar-refractivity contribution in [2.45, 2.75) is 140 Å². The fourth-order valence-electron chi connectivity index (χ4n) is 6.44. The molecule has 2 aliphatic rings. The van der Waals surface area contributed by atoms with Gasteiger partial charge >= 0.3 is 47.8 Å². The molecule has 2 heterocycles. The van der Waals surface area contributed by atoms with Gasteiger partial charge < -0.3 is 57.8 Å². The molecular formula is C38H49NO20S. The molecule has 0 radical (unpaired) electrons. The zero-order valence-corrected chi connectivity index (χ0v) is 35.1. The number of aryl methyl sites for hydroxylation is 1. The maximum Gasteiger partial charge on any atom is 0.364 e. The van der Waals surface area contributed by atoms with Crippen LogP contribution in [0.5, 0.6) is 0 Å². The predicted molar refractivity (Wildman–Crippen MR) is 199 cm³/mol. The molecule has 0 bridgehead atoms. The first-order valence-electron chi connectivity index (χ1n) is 18.4. The van der Waals surface area contributed by atoms with E-state index in [1.807, 2.05) is 6.92 Å². The van der Waals surface area contributed by atoms with Gasteiger partial charge in [0.1, 0.15) is 43.1 Å². The van der Waals surface area contributed by atoms with Crippen molar-refractivity contribution in [3.8, 4) is 0 Å². The largest absolute Gasteiger partial charge is 0.477 e. The lowest BCUT2D eigenvalue weighted by molar-refractivity contribution is -0.350. The number of benzene rings is 1. The maximum atomic E-state index is 13.8. The summed E-state index contributed by atoms with van der Waals surface area (Å²) in [6.45, 7) is 8.56. The van der Waals surface area contributed by atoms with Gasteiger partial charge in [-0.3, -0.25) is 38.4 Å². The molecule has 0 spiro atoms. The predicted octanol–water partition coefficient (Wildman–Crippen LogP) is 1.06. The minimum absolute atomic E-state index is 0.558. The number of thioether (sulfide) groups is 1. The molecule has 0 unspecified atom stereocenters. The number of hydrogen-bond donors (Lipinski definition) is 2. The Hall–Kier alpha value is -5.32. The summed E-state index contributed by atoms with van der Waals surface area (Å²) in [6.07, 6.45) is -15.1. The van der Waals surface area contributed by atoms with Crippen LogP contribution >= 0.6 is 11.8 Å². The molecule has 22 heteroatoms. The Kier molecular flexibility index (Phi) is 17.8. The Balaban J connectivity index is 2.37. The normalized spacial score (nSPS) is 27.1. The van der Waals surface area contributed by atoms with Crippen LogP contribution in [0.1, 0.15) is 67.4 Å². The van der Waals surface area contributed by atoms with Crippen molar-refractivity contribution < 1.29 is 95.6 Å². The first kappa shape index (κ1) is 49.0. The van der Waals surface area contributed by atoms with Gasteiger partial charge in [0, 0.05) is 60.3 Å². The molecule has 2 fully saturated rings. The summed E-state index contributed by atoms with van der Waals surface area (Å²) >= 11 is 0.988. The number of amides is 1. The van der Waals surface area contributed by atoms with E-state index in [1.54, 1.807) is 24.3 Å². The van der Waals surface area contributed by atoms with E-state index in [0.717, 1.165) is 72.7 Å². The number of esters is 7. The lowest BCUT2D eigenvalue weighted by atomic mass is 9.87. The Labute approximate surface area is 348 Å². The van der Waals surface area contributed by atoms with Gasteiger partial charge in [0.05, 0.1) is 12.5 Å². The van der Waals surface area contributed by atoms with Crippen LogP contribution in [0, 0.1) is 6.92 Å². The summed E-state index contributed by atoms with van der Waals surface area (Å²) < 4.78 is 57.0. The Bertz CT molecular complexity index is 1770. The molecule has 21 nitrogen and oxygen atoms in total. The molecule has 1 amide bonds. The third kappa shape index (κ3) is 14.2. The van der Waals surface area contributed by atoms with Crippen LogP contribution in [0.3, 0.4) is 0 Å². The molecule has 332 valence electrons. The molecule has 1 aromatic rings.